The molecule has 1 atom stereocenters. The van der Waals surface area contributed by atoms with Gasteiger partial charge in [0, 0.05) is 17.9 Å². The highest BCUT2D eigenvalue weighted by Crippen LogP contribution is 2.57. The van der Waals surface area contributed by atoms with E-state index in [2.05, 4.69) is 4.40 Å². The minimum absolute atomic E-state index is 0.122. The molecule has 0 saturated carbocycles. The first kappa shape index (κ1) is 24.7. The molecule has 1 unspecified atom stereocenters. The lowest BCUT2D eigenvalue weighted by molar-refractivity contribution is -0.168. The van der Waals surface area contributed by atoms with Crippen molar-refractivity contribution in [3.8, 4) is 0 Å². The second-order valence-corrected chi connectivity index (χ2v) is 11.2. The summed E-state index contributed by atoms with van der Waals surface area (Å²) in [4.78, 5) is 14.0. The van der Waals surface area contributed by atoms with Crippen molar-refractivity contribution in [2.75, 3.05) is 13.1 Å². The Morgan fingerprint density at radius 3 is 2.63 bits per heavy atom. The molecule has 186 valence electrons. The monoisotopic (exact) mass is 522 g/mol. The molecule has 0 aromatic heterocycles. The zero-order chi connectivity index (χ0) is 25.2. The van der Waals surface area contributed by atoms with Gasteiger partial charge in [0.1, 0.15) is 5.60 Å². The minimum Gasteiger partial charge on any atom is -0.362 e. The number of benzene rings is 2. The lowest BCUT2D eigenvalue weighted by Gasteiger charge is -2.47. The molecule has 9 heteroatoms. The molecule has 2 aromatic rings. The molecule has 1 amide bonds. The van der Waals surface area contributed by atoms with E-state index in [-0.39, 0.29) is 17.9 Å². The predicted molar refractivity (Wildman–Crippen MR) is 132 cm³/mol. The van der Waals surface area contributed by atoms with E-state index in [4.69, 9.17) is 16.3 Å². The van der Waals surface area contributed by atoms with E-state index >= 15 is 0 Å². The number of nitrogens with zero attached hydrogens (tertiary/aromatic N) is 2. The zero-order valence-electron chi connectivity index (χ0n) is 19.8. The second kappa shape index (κ2) is 8.53. The molecule has 35 heavy (non-hydrogen) atoms. The number of hydrogen-bond acceptors (Lipinski definition) is 4. The van der Waals surface area contributed by atoms with Crippen LogP contribution in [0.1, 0.15) is 59.6 Å². The Balaban J connectivity index is 1.40. The average Bonchev–Trinajstić information content (AvgIpc) is 3.39. The zero-order valence-corrected chi connectivity index (χ0v) is 21.3. The summed E-state index contributed by atoms with van der Waals surface area (Å²) in [5.74, 6) is 0.124. The Hall–Kier alpha value is -2.03. The predicted octanol–water partition coefficient (Wildman–Crippen LogP) is 6.62. The van der Waals surface area contributed by atoms with Gasteiger partial charge in [-0.15, -0.1) is 0 Å². The largest absolute Gasteiger partial charge is 0.409 e. The molecule has 0 bridgehead atoms. The van der Waals surface area contributed by atoms with Gasteiger partial charge in [0.05, 0.1) is 25.4 Å². The van der Waals surface area contributed by atoms with Crippen molar-refractivity contribution in [2.45, 2.75) is 63.2 Å². The van der Waals surface area contributed by atoms with E-state index in [0.717, 1.165) is 28.7 Å². The van der Waals surface area contributed by atoms with Crippen molar-refractivity contribution in [2.24, 2.45) is 4.40 Å². The number of rotatable bonds is 4. The van der Waals surface area contributed by atoms with Crippen molar-refractivity contribution in [1.29, 1.82) is 0 Å². The van der Waals surface area contributed by atoms with Gasteiger partial charge in [0.15, 0.2) is 4.75 Å². The highest BCUT2D eigenvalue weighted by molar-refractivity contribution is 7.99. The van der Waals surface area contributed by atoms with Gasteiger partial charge in [0.25, 0.3) is 0 Å². The normalized spacial score (nSPS) is 22.8. The van der Waals surface area contributed by atoms with Crippen LogP contribution in [0.15, 0.2) is 34.7 Å². The number of halogens is 4. The Labute approximate surface area is 212 Å². The maximum absolute atomic E-state index is 14.5. The first-order valence-corrected chi connectivity index (χ1v) is 12.8. The topological polar surface area (TPSA) is 41.9 Å². The Morgan fingerprint density at radius 2 is 1.97 bits per heavy atom. The first-order valence-electron chi connectivity index (χ1n) is 11.6. The molecular weight excluding hydrogens is 497 g/mol. The summed E-state index contributed by atoms with van der Waals surface area (Å²) in [7, 11) is 0. The van der Waals surface area contributed by atoms with Gasteiger partial charge in [-0.05, 0) is 77.7 Å². The maximum atomic E-state index is 14.5. The molecule has 1 fully saturated rings. The fourth-order valence-electron chi connectivity index (χ4n) is 5.12. The van der Waals surface area contributed by atoms with E-state index in [1.807, 2.05) is 25.1 Å². The molecule has 1 spiro atoms. The van der Waals surface area contributed by atoms with E-state index < -0.39 is 16.5 Å². The van der Waals surface area contributed by atoms with Gasteiger partial charge in [-0.3, -0.25) is 4.79 Å². The van der Waals surface area contributed by atoms with Crippen LogP contribution in [0.3, 0.4) is 0 Å². The van der Waals surface area contributed by atoms with Gasteiger partial charge >= 0.3 is 6.18 Å². The van der Waals surface area contributed by atoms with Crippen molar-refractivity contribution in [1.82, 2.24) is 4.90 Å². The third-order valence-corrected chi connectivity index (χ3v) is 9.03. The van der Waals surface area contributed by atoms with E-state index in [0.29, 0.717) is 54.4 Å². The molecule has 3 aliphatic rings. The van der Waals surface area contributed by atoms with Crippen molar-refractivity contribution in [3.63, 3.8) is 0 Å². The summed E-state index contributed by atoms with van der Waals surface area (Å²) in [6.07, 6.45) is -3.47. The number of aryl methyl sites for hydroxylation is 1. The van der Waals surface area contributed by atoms with Crippen LogP contribution in [0, 0.1) is 13.8 Å². The fourth-order valence-corrected chi connectivity index (χ4v) is 6.35. The number of carbonyl (C=O) groups is 1. The number of ether oxygens (including phenoxy) is 1. The fraction of sp³-hybridized carbons (Fsp3) is 0.462. The van der Waals surface area contributed by atoms with E-state index in [9.17, 15) is 18.0 Å². The van der Waals surface area contributed by atoms with Crippen LogP contribution in [0.4, 0.5) is 13.2 Å². The summed E-state index contributed by atoms with van der Waals surface area (Å²) in [5.41, 5.74) is 4.13. The molecule has 3 aliphatic heterocycles. The standard InChI is InChI=1S/C26H26ClF3N2O2S/c1-4-5-23(33)32-13-24(14-32)20-7-6-17(9-18(20)12-34-24)22-11-25(35-31-22,26(28,29)30)19-8-15(2)16(3)21(27)10-19/h6-10H,4-5,11-14H2,1-3H3. The molecule has 3 heterocycles. The van der Waals surface area contributed by atoms with Crippen molar-refractivity contribution in [3.05, 3.63) is 68.7 Å². The molecule has 0 N–H and O–H groups in total. The van der Waals surface area contributed by atoms with Crippen LogP contribution in [0.25, 0.3) is 0 Å². The minimum atomic E-state index is -4.52. The number of carbonyl (C=O) groups excluding carboxylic acids is 1. The average molecular weight is 523 g/mol. The van der Waals surface area contributed by atoms with Gasteiger partial charge in [-0.25, -0.2) is 4.40 Å². The number of alkyl halides is 3. The van der Waals surface area contributed by atoms with Crippen LogP contribution in [-0.2, 0) is 26.5 Å². The lowest BCUT2D eigenvalue weighted by atomic mass is 9.83. The molecule has 0 aliphatic carbocycles. The van der Waals surface area contributed by atoms with Crippen LogP contribution in [0.2, 0.25) is 5.02 Å². The molecule has 2 aromatic carbocycles. The summed E-state index contributed by atoms with van der Waals surface area (Å²) >= 11 is 6.83. The molecule has 4 nitrogen and oxygen atoms in total. The third kappa shape index (κ3) is 3.89. The lowest BCUT2D eigenvalue weighted by Crippen LogP contribution is -2.61. The molecule has 0 radical (unpaired) electrons. The van der Waals surface area contributed by atoms with E-state index in [1.165, 1.54) is 6.07 Å². The smallest absolute Gasteiger partial charge is 0.362 e. The maximum Gasteiger partial charge on any atom is 0.409 e. The first-order chi connectivity index (χ1) is 16.5. The third-order valence-electron chi connectivity index (χ3n) is 7.40. The SMILES string of the molecule is CCCC(=O)N1CC2(C1)OCc1cc(C3=NSC(c4cc(C)c(C)c(Cl)c4)(C(F)(F)F)C3)ccc12. The highest BCUT2D eigenvalue weighted by Gasteiger charge is 2.60. The summed E-state index contributed by atoms with van der Waals surface area (Å²) in [5, 5.41) is 0.324. The Kier molecular flexibility index (Phi) is 6.01. The summed E-state index contributed by atoms with van der Waals surface area (Å²) < 4.78 is 51.7. The summed E-state index contributed by atoms with van der Waals surface area (Å²) in [6.45, 7) is 6.94. The number of hydrogen-bond donors (Lipinski definition) is 0. The number of likely N-dealkylation sites (tertiary alicyclic amines) is 1. The molecule has 5 rings (SSSR count). The van der Waals surface area contributed by atoms with Crippen molar-refractivity contribution < 1.29 is 22.7 Å². The van der Waals surface area contributed by atoms with Crippen LogP contribution in [0.5, 0.6) is 0 Å². The second-order valence-electron chi connectivity index (χ2n) is 9.69. The number of fused-ring (bicyclic) bond motifs is 2. The Bertz CT molecular complexity index is 1220. The van der Waals surface area contributed by atoms with Gasteiger partial charge in [0.2, 0.25) is 5.91 Å². The highest BCUT2D eigenvalue weighted by atomic mass is 35.5. The Morgan fingerprint density at radius 1 is 1.23 bits per heavy atom. The summed E-state index contributed by atoms with van der Waals surface area (Å²) in [6, 6.07) is 8.63. The van der Waals surface area contributed by atoms with E-state index in [1.54, 1.807) is 24.8 Å². The van der Waals surface area contributed by atoms with Crippen molar-refractivity contribution >= 4 is 35.2 Å². The van der Waals surface area contributed by atoms with Crippen LogP contribution < -0.4 is 0 Å². The van der Waals surface area contributed by atoms with Crippen LogP contribution in [-0.4, -0.2) is 35.8 Å². The number of amides is 1. The van der Waals surface area contributed by atoms with Gasteiger partial charge in [-0.2, -0.15) is 13.2 Å². The van der Waals surface area contributed by atoms with Crippen LogP contribution >= 0.6 is 23.5 Å². The van der Waals surface area contributed by atoms with Gasteiger partial charge < -0.3 is 9.64 Å². The molecular formula is C26H26ClF3N2O2S. The quantitative estimate of drug-likeness (QED) is 0.424. The van der Waals surface area contributed by atoms with Gasteiger partial charge in [-0.1, -0.05) is 36.7 Å². The molecule has 1 saturated heterocycles.